The average molecular weight is 418 g/mol. The fourth-order valence-corrected chi connectivity index (χ4v) is 3.50. The second kappa shape index (κ2) is 12.2. The van der Waals surface area contributed by atoms with E-state index >= 15 is 0 Å². The number of carboxylic acids is 1. The highest BCUT2D eigenvalue weighted by atomic mass is 35.5. The first kappa shape index (κ1) is 23.7. The van der Waals surface area contributed by atoms with Crippen LogP contribution in [0.5, 0.6) is 0 Å². The van der Waals surface area contributed by atoms with Crippen LogP contribution in [-0.2, 0) is 16.0 Å². The van der Waals surface area contributed by atoms with E-state index in [1.807, 2.05) is 36.1 Å². The van der Waals surface area contributed by atoms with Gasteiger partial charge in [-0.05, 0) is 43.5 Å². The van der Waals surface area contributed by atoms with Crippen molar-refractivity contribution in [2.45, 2.75) is 32.2 Å². The first-order valence-corrected chi connectivity index (χ1v) is 9.55. The van der Waals surface area contributed by atoms with E-state index in [0.29, 0.717) is 24.2 Å². The molecule has 1 fully saturated rings. The van der Waals surface area contributed by atoms with Gasteiger partial charge in [-0.25, -0.2) is 0 Å². The van der Waals surface area contributed by atoms with Gasteiger partial charge in [-0.3, -0.25) is 19.4 Å². The van der Waals surface area contributed by atoms with Gasteiger partial charge < -0.3 is 10.4 Å². The van der Waals surface area contributed by atoms with Crippen molar-refractivity contribution in [3.63, 3.8) is 0 Å². The lowest BCUT2D eigenvalue weighted by molar-refractivity contribution is -0.139. The van der Waals surface area contributed by atoms with Crippen molar-refractivity contribution in [3.8, 4) is 0 Å². The van der Waals surface area contributed by atoms with Gasteiger partial charge >= 0.3 is 5.97 Å². The molecule has 2 N–H and O–H groups in total. The Labute approximate surface area is 172 Å². The first-order chi connectivity index (χ1) is 12.5. The van der Waals surface area contributed by atoms with Crippen molar-refractivity contribution in [2.75, 3.05) is 39.3 Å². The largest absolute Gasteiger partial charge is 0.480 e. The van der Waals surface area contributed by atoms with Gasteiger partial charge in [0.2, 0.25) is 5.91 Å². The zero-order valence-corrected chi connectivity index (χ0v) is 17.3. The van der Waals surface area contributed by atoms with E-state index in [9.17, 15) is 9.59 Å². The Balaban J connectivity index is 0.00000364. The Hall–Kier alpha value is -1.34. The standard InChI is InChI=1S/C19H28ClN3O3.ClH/c1-2-23(14-19(25)26)17-8-11-22(12-9-17)13-18(24)21-10-7-15-3-5-16(20)6-4-15;/h3-6,17H,2,7-14H2,1H3,(H,21,24)(H,25,26);1H. The molecular formula is C19H29Cl2N3O3. The number of benzene rings is 1. The van der Waals surface area contributed by atoms with E-state index in [4.69, 9.17) is 16.7 Å². The maximum atomic E-state index is 12.1. The SMILES string of the molecule is CCN(CC(=O)O)C1CCN(CC(=O)NCCc2ccc(Cl)cc2)CC1.Cl. The fraction of sp³-hybridized carbons (Fsp3) is 0.579. The lowest BCUT2D eigenvalue weighted by Gasteiger charge is -2.37. The Morgan fingerprint density at radius 1 is 1.26 bits per heavy atom. The number of hydrogen-bond acceptors (Lipinski definition) is 4. The predicted molar refractivity (Wildman–Crippen MR) is 110 cm³/mol. The summed E-state index contributed by atoms with van der Waals surface area (Å²) in [5.41, 5.74) is 1.15. The monoisotopic (exact) mass is 417 g/mol. The minimum absolute atomic E-state index is 0. The minimum atomic E-state index is -0.783. The van der Waals surface area contributed by atoms with Gasteiger partial charge in [0.15, 0.2) is 0 Å². The number of halogens is 2. The van der Waals surface area contributed by atoms with E-state index < -0.39 is 5.97 Å². The molecule has 8 heteroatoms. The molecule has 1 aliphatic rings. The number of carbonyl (C=O) groups excluding carboxylic acids is 1. The van der Waals surface area contributed by atoms with Crippen LogP contribution < -0.4 is 5.32 Å². The van der Waals surface area contributed by atoms with Crippen molar-refractivity contribution in [1.29, 1.82) is 0 Å². The first-order valence-electron chi connectivity index (χ1n) is 9.17. The summed E-state index contributed by atoms with van der Waals surface area (Å²) in [6.07, 6.45) is 2.59. The molecule has 0 spiro atoms. The van der Waals surface area contributed by atoms with Crippen molar-refractivity contribution >= 4 is 35.9 Å². The van der Waals surface area contributed by atoms with Crippen LogP contribution in [0.1, 0.15) is 25.3 Å². The number of hydrogen-bond donors (Lipinski definition) is 2. The topological polar surface area (TPSA) is 72.9 Å². The number of aliphatic carboxylic acids is 1. The van der Waals surface area contributed by atoms with Crippen LogP contribution in [0.3, 0.4) is 0 Å². The minimum Gasteiger partial charge on any atom is -0.480 e. The van der Waals surface area contributed by atoms with Gasteiger partial charge in [-0.2, -0.15) is 0 Å². The Bertz CT molecular complexity index is 590. The summed E-state index contributed by atoms with van der Waals surface area (Å²) >= 11 is 5.86. The molecule has 1 amide bonds. The molecule has 0 saturated carbocycles. The number of carbonyl (C=O) groups is 2. The highest BCUT2D eigenvalue weighted by Crippen LogP contribution is 2.16. The van der Waals surface area contributed by atoms with E-state index in [-0.39, 0.29) is 24.9 Å². The van der Waals surface area contributed by atoms with Crippen molar-refractivity contribution < 1.29 is 14.7 Å². The van der Waals surface area contributed by atoms with E-state index in [2.05, 4.69) is 10.2 Å². The van der Waals surface area contributed by atoms with Crippen LogP contribution in [0, 0.1) is 0 Å². The molecule has 0 radical (unpaired) electrons. The van der Waals surface area contributed by atoms with Crippen LogP contribution in [0.15, 0.2) is 24.3 Å². The smallest absolute Gasteiger partial charge is 0.317 e. The van der Waals surface area contributed by atoms with Crippen LogP contribution in [0.4, 0.5) is 0 Å². The van der Waals surface area contributed by atoms with Crippen molar-refractivity contribution in [3.05, 3.63) is 34.9 Å². The van der Waals surface area contributed by atoms with Gasteiger partial charge in [-0.1, -0.05) is 30.7 Å². The molecule has 1 aromatic rings. The number of amides is 1. The summed E-state index contributed by atoms with van der Waals surface area (Å²) in [6.45, 7) is 5.48. The van der Waals surface area contributed by atoms with Crippen LogP contribution in [0.25, 0.3) is 0 Å². The predicted octanol–water partition coefficient (Wildman–Crippen LogP) is 2.29. The molecular weight excluding hydrogens is 389 g/mol. The lowest BCUT2D eigenvalue weighted by Crippen LogP contribution is -2.48. The number of piperidine rings is 1. The zero-order valence-electron chi connectivity index (χ0n) is 15.7. The summed E-state index contributed by atoms with van der Waals surface area (Å²) < 4.78 is 0. The maximum absolute atomic E-state index is 12.1. The van der Waals surface area contributed by atoms with Gasteiger partial charge in [0.25, 0.3) is 0 Å². The molecule has 27 heavy (non-hydrogen) atoms. The lowest BCUT2D eigenvalue weighted by atomic mass is 10.0. The molecule has 1 saturated heterocycles. The third kappa shape index (κ3) is 8.47. The van der Waals surface area contributed by atoms with E-state index in [1.54, 1.807) is 0 Å². The molecule has 0 aromatic heterocycles. The van der Waals surface area contributed by atoms with Crippen LogP contribution in [-0.4, -0.2) is 72.1 Å². The normalized spacial score (nSPS) is 15.4. The maximum Gasteiger partial charge on any atom is 0.317 e. The van der Waals surface area contributed by atoms with E-state index in [1.165, 1.54) is 0 Å². The van der Waals surface area contributed by atoms with Gasteiger partial charge in [-0.15, -0.1) is 12.4 Å². The molecule has 0 unspecified atom stereocenters. The summed E-state index contributed by atoms with van der Waals surface area (Å²) in [6, 6.07) is 7.94. The third-order valence-electron chi connectivity index (χ3n) is 4.83. The van der Waals surface area contributed by atoms with Gasteiger partial charge in [0.1, 0.15) is 0 Å². The van der Waals surface area contributed by atoms with E-state index in [0.717, 1.165) is 44.5 Å². The van der Waals surface area contributed by atoms with Gasteiger partial charge in [0, 0.05) is 30.7 Å². The number of rotatable bonds is 9. The molecule has 0 atom stereocenters. The summed E-state index contributed by atoms with van der Waals surface area (Å²) in [4.78, 5) is 27.2. The summed E-state index contributed by atoms with van der Waals surface area (Å²) in [5, 5.41) is 12.7. The average Bonchev–Trinajstić information content (AvgIpc) is 2.62. The third-order valence-corrected chi connectivity index (χ3v) is 5.09. The summed E-state index contributed by atoms with van der Waals surface area (Å²) in [5.74, 6) is -0.746. The number of nitrogens with one attached hydrogen (secondary N) is 1. The number of carboxylic acid groups (broad SMARTS) is 1. The molecule has 1 aliphatic heterocycles. The molecule has 6 nitrogen and oxygen atoms in total. The number of likely N-dealkylation sites (tertiary alicyclic amines) is 1. The Morgan fingerprint density at radius 3 is 2.44 bits per heavy atom. The molecule has 2 rings (SSSR count). The molecule has 1 aromatic carbocycles. The summed E-state index contributed by atoms with van der Waals surface area (Å²) in [7, 11) is 0. The quantitative estimate of drug-likeness (QED) is 0.644. The Morgan fingerprint density at radius 2 is 1.89 bits per heavy atom. The van der Waals surface area contributed by atoms with Crippen molar-refractivity contribution in [1.82, 2.24) is 15.1 Å². The molecule has 0 bridgehead atoms. The molecule has 152 valence electrons. The molecule has 0 aliphatic carbocycles. The zero-order chi connectivity index (χ0) is 18.9. The van der Waals surface area contributed by atoms with Crippen LogP contribution in [0.2, 0.25) is 5.02 Å². The second-order valence-corrected chi connectivity index (χ2v) is 7.13. The Kier molecular flexibility index (Phi) is 10.7. The second-order valence-electron chi connectivity index (χ2n) is 6.69. The molecule has 1 heterocycles. The number of likely N-dealkylation sites (N-methyl/N-ethyl adjacent to an activating group) is 1. The van der Waals surface area contributed by atoms with Crippen LogP contribution >= 0.6 is 24.0 Å². The fourth-order valence-electron chi connectivity index (χ4n) is 3.37. The number of nitrogens with zero attached hydrogens (tertiary/aromatic N) is 2. The van der Waals surface area contributed by atoms with Gasteiger partial charge in [0.05, 0.1) is 13.1 Å². The van der Waals surface area contributed by atoms with Crippen molar-refractivity contribution in [2.24, 2.45) is 0 Å². The highest BCUT2D eigenvalue weighted by molar-refractivity contribution is 6.30. The highest BCUT2D eigenvalue weighted by Gasteiger charge is 2.25.